The van der Waals surface area contributed by atoms with Crippen LogP contribution in [0, 0.1) is 0 Å². The van der Waals surface area contributed by atoms with Crippen LogP contribution in [0.1, 0.15) is 31.0 Å². The monoisotopic (exact) mass is 282 g/mol. The van der Waals surface area contributed by atoms with Crippen molar-refractivity contribution >= 4 is 11.3 Å². The Morgan fingerprint density at radius 3 is 2.79 bits per heavy atom. The molecule has 0 radical (unpaired) electrons. The SMILES string of the molecule is CCC(C)NCc1csc(CN2CCN(C)CC2)n1. The van der Waals surface area contributed by atoms with Gasteiger partial charge in [-0.05, 0) is 20.4 Å². The molecule has 2 rings (SSSR count). The van der Waals surface area contributed by atoms with E-state index in [1.807, 2.05) is 0 Å². The molecule has 0 amide bonds. The van der Waals surface area contributed by atoms with E-state index in [0.29, 0.717) is 6.04 Å². The summed E-state index contributed by atoms with van der Waals surface area (Å²) >= 11 is 1.80. The molecule has 1 aromatic heterocycles. The van der Waals surface area contributed by atoms with Crippen LogP contribution in [0.15, 0.2) is 5.38 Å². The van der Waals surface area contributed by atoms with Crippen molar-refractivity contribution < 1.29 is 0 Å². The molecule has 1 unspecified atom stereocenters. The largest absolute Gasteiger partial charge is 0.309 e. The molecule has 1 atom stereocenters. The van der Waals surface area contributed by atoms with Crippen molar-refractivity contribution in [2.45, 2.75) is 39.4 Å². The first-order chi connectivity index (χ1) is 9.17. The average Bonchev–Trinajstić information content (AvgIpc) is 2.86. The molecule has 2 heterocycles. The van der Waals surface area contributed by atoms with Crippen LogP contribution < -0.4 is 5.32 Å². The lowest BCUT2D eigenvalue weighted by atomic mass is 10.2. The molecule has 0 bridgehead atoms. The molecule has 0 aromatic carbocycles. The third kappa shape index (κ3) is 4.84. The second-order valence-corrected chi connectivity index (χ2v) is 6.44. The summed E-state index contributed by atoms with van der Waals surface area (Å²) in [7, 11) is 2.19. The number of hydrogen-bond acceptors (Lipinski definition) is 5. The number of thiazole rings is 1. The van der Waals surface area contributed by atoms with E-state index >= 15 is 0 Å². The van der Waals surface area contributed by atoms with Gasteiger partial charge in [-0.2, -0.15) is 0 Å². The van der Waals surface area contributed by atoms with E-state index in [0.717, 1.165) is 32.6 Å². The van der Waals surface area contributed by atoms with Gasteiger partial charge in [-0.3, -0.25) is 4.90 Å². The molecule has 1 fully saturated rings. The van der Waals surface area contributed by atoms with Gasteiger partial charge < -0.3 is 10.2 Å². The lowest BCUT2D eigenvalue weighted by Gasteiger charge is -2.31. The second kappa shape index (κ2) is 7.33. The summed E-state index contributed by atoms with van der Waals surface area (Å²) in [6, 6.07) is 0.572. The zero-order valence-corrected chi connectivity index (χ0v) is 13.2. The van der Waals surface area contributed by atoms with E-state index < -0.39 is 0 Å². The predicted molar refractivity (Wildman–Crippen MR) is 81.5 cm³/mol. The molecule has 0 spiro atoms. The predicted octanol–water partition coefficient (Wildman–Crippen LogP) is 1.78. The van der Waals surface area contributed by atoms with Crippen LogP contribution in [0.4, 0.5) is 0 Å². The van der Waals surface area contributed by atoms with Crippen LogP contribution in [0.2, 0.25) is 0 Å². The Morgan fingerprint density at radius 2 is 2.11 bits per heavy atom. The van der Waals surface area contributed by atoms with Crippen LogP contribution in [0.3, 0.4) is 0 Å². The molecule has 4 nitrogen and oxygen atoms in total. The minimum atomic E-state index is 0.572. The molecule has 5 heteroatoms. The maximum atomic E-state index is 4.73. The molecule has 1 saturated heterocycles. The Labute approximate surface area is 120 Å². The maximum absolute atomic E-state index is 4.73. The number of likely N-dealkylation sites (N-methyl/N-ethyl adjacent to an activating group) is 1. The standard InChI is InChI=1S/C14H26N4S/c1-4-12(2)15-9-13-11-19-14(16-13)10-18-7-5-17(3)6-8-18/h11-12,15H,4-10H2,1-3H3. The smallest absolute Gasteiger partial charge is 0.107 e. The van der Waals surface area contributed by atoms with Gasteiger partial charge in [0.05, 0.1) is 12.2 Å². The topological polar surface area (TPSA) is 31.4 Å². The van der Waals surface area contributed by atoms with Gasteiger partial charge in [-0.1, -0.05) is 6.92 Å². The first kappa shape index (κ1) is 14.9. The van der Waals surface area contributed by atoms with Crippen LogP contribution >= 0.6 is 11.3 Å². The molecule has 19 heavy (non-hydrogen) atoms. The van der Waals surface area contributed by atoms with Crippen molar-refractivity contribution in [3.05, 3.63) is 16.1 Å². The van der Waals surface area contributed by atoms with Gasteiger partial charge in [0.1, 0.15) is 5.01 Å². The van der Waals surface area contributed by atoms with E-state index in [2.05, 4.69) is 41.4 Å². The zero-order chi connectivity index (χ0) is 13.7. The highest BCUT2D eigenvalue weighted by Crippen LogP contribution is 2.13. The minimum absolute atomic E-state index is 0.572. The van der Waals surface area contributed by atoms with Crippen molar-refractivity contribution in [3.8, 4) is 0 Å². The molecule has 1 aromatic rings. The van der Waals surface area contributed by atoms with Gasteiger partial charge >= 0.3 is 0 Å². The maximum Gasteiger partial charge on any atom is 0.107 e. The summed E-state index contributed by atoms with van der Waals surface area (Å²) in [6.07, 6.45) is 1.16. The Morgan fingerprint density at radius 1 is 1.37 bits per heavy atom. The number of aromatic nitrogens is 1. The molecule has 108 valence electrons. The lowest BCUT2D eigenvalue weighted by molar-refractivity contribution is 0.148. The van der Waals surface area contributed by atoms with Crippen LogP contribution in [0.5, 0.6) is 0 Å². The molecule has 1 N–H and O–H groups in total. The summed E-state index contributed by atoms with van der Waals surface area (Å²) in [5.74, 6) is 0. The fourth-order valence-electron chi connectivity index (χ4n) is 2.12. The third-order valence-corrected chi connectivity index (χ3v) is 4.68. The Balaban J connectivity index is 1.77. The average molecular weight is 282 g/mol. The van der Waals surface area contributed by atoms with Gasteiger partial charge in [-0.15, -0.1) is 11.3 Å². The molecule has 0 saturated carbocycles. The van der Waals surface area contributed by atoms with Crippen LogP contribution in [0.25, 0.3) is 0 Å². The molecule has 0 aliphatic carbocycles. The summed E-state index contributed by atoms with van der Waals surface area (Å²) in [5.41, 5.74) is 1.19. The normalized spacial score (nSPS) is 19.7. The number of nitrogens with zero attached hydrogens (tertiary/aromatic N) is 3. The number of rotatable bonds is 6. The van der Waals surface area contributed by atoms with Crippen molar-refractivity contribution in [1.82, 2.24) is 20.1 Å². The molecule has 1 aliphatic rings. The summed E-state index contributed by atoms with van der Waals surface area (Å²) in [5, 5.41) is 6.95. The Bertz CT molecular complexity index is 371. The van der Waals surface area contributed by atoms with Crippen molar-refractivity contribution in [1.29, 1.82) is 0 Å². The van der Waals surface area contributed by atoms with Gasteiger partial charge in [0.2, 0.25) is 0 Å². The lowest BCUT2D eigenvalue weighted by Crippen LogP contribution is -2.43. The Hall–Kier alpha value is -0.490. The summed E-state index contributed by atoms with van der Waals surface area (Å²) in [6.45, 7) is 11.0. The number of hydrogen-bond donors (Lipinski definition) is 1. The highest BCUT2D eigenvalue weighted by molar-refractivity contribution is 7.09. The van der Waals surface area contributed by atoms with Gasteiger partial charge in [-0.25, -0.2) is 4.98 Å². The third-order valence-electron chi connectivity index (χ3n) is 3.80. The van der Waals surface area contributed by atoms with E-state index in [9.17, 15) is 0 Å². The van der Waals surface area contributed by atoms with Gasteiger partial charge in [0.15, 0.2) is 0 Å². The van der Waals surface area contributed by atoms with Gasteiger partial charge in [0.25, 0.3) is 0 Å². The first-order valence-corrected chi connectivity index (χ1v) is 8.13. The summed E-state index contributed by atoms with van der Waals surface area (Å²) in [4.78, 5) is 9.62. The van der Waals surface area contributed by atoms with E-state index in [-0.39, 0.29) is 0 Å². The Kier molecular flexibility index (Phi) is 5.76. The highest BCUT2D eigenvalue weighted by Gasteiger charge is 2.15. The summed E-state index contributed by atoms with van der Waals surface area (Å²) < 4.78 is 0. The number of nitrogens with one attached hydrogen (secondary N) is 1. The molecule has 1 aliphatic heterocycles. The van der Waals surface area contributed by atoms with Crippen LogP contribution in [-0.4, -0.2) is 54.1 Å². The van der Waals surface area contributed by atoms with Gasteiger partial charge in [0, 0.05) is 44.1 Å². The van der Waals surface area contributed by atoms with E-state index in [1.54, 1.807) is 11.3 Å². The van der Waals surface area contributed by atoms with Crippen molar-refractivity contribution in [3.63, 3.8) is 0 Å². The van der Waals surface area contributed by atoms with E-state index in [4.69, 9.17) is 4.98 Å². The molecular formula is C14H26N4S. The fourth-order valence-corrected chi connectivity index (χ4v) is 2.96. The van der Waals surface area contributed by atoms with Crippen molar-refractivity contribution in [2.75, 3.05) is 33.2 Å². The van der Waals surface area contributed by atoms with E-state index in [1.165, 1.54) is 23.8 Å². The zero-order valence-electron chi connectivity index (χ0n) is 12.4. The quantitative estimate of drug-likeness (QED) is 0.862. The first-order valence-electron chi connectivity index (χ1n) is 7.25. The fraction of sp³-hybridized carbons (Fsp3) is 0.786. The van der Waals surface area contributed by atoms with Crippen LogP contribution in [-0.2, 0) is 13.1 Å². The minimum Gasteiger partial charge on any atom is -0.309 e. The second-order valence-electron chi connectivity index (χ2n) is 5.50. The van der Waals surface area contributed by atoms with Crippen molar-refractivity contribution in [2.24, 2.45) is 0 Å². The number of piperazine rings is 1. The highest BCUT2D eigenvalue weighted by atomic mass is 32.1. The molecular weight excluding hydrogens is 256 g/mol.